The summed E-state index contributed by atoms with van der Waals surface area (Å²) in [5.41, 5.74) is 6.16. The van der Waals surface area contributed by atoms with Crippen LogP contribution < -0.4 is 16.6 Å². The maximum Gasteiger partial charge on any atom is 0.273 e. The number of nitrogens with two attached hydrogens (primary N) is 1. The van der Waals surface area contributed by atoms with E-state index in [4.69, 9.17) is 5.73 Å². The number of imide groups is 1. The fourth-order valence-electron chi connectivity index (χ4n) is 2.82. The molecule has 2 heterocycles. The average Bonchev–Trinajstić information content (AvgIpc) is 2.80. The minimum atomic E-state index is -0.696. The van der Waals surface area contributed by atoms with Crippen molar-refractivity contribution < 1.29 is 14.5 Å². The number of aromatic nitrogens is 1. The second kappa shape index (κ2) is 5.52. The van der Waals surface area contributed by atoms with Crippen molar-refractivity contribution in [1.29, 1.82) is 0 Å². The van der Waals surface area contributed by atoms with E-state index in [1.807, 2.05) is 0 Å². The van der Waals surface area contributed by atoms with Gasteiger partial charge in [0.05, 0.1) is 21.7 Å². The molecule has 1 aromatic heterocycles. The molecule has 0 fully saturated rings. The third kappa shape index (κ3) is 2.33. The van der Waals surface area contributed by atoms with Gasteiger partial charge in [-0.3, -0.25) is 34.4 Å². The molecule has 9 nitrogen and oxygen atoms in total. The molecule has 128 valence electrons. The lowest BCUT2D eigenvalue weighted by atomic mass is 10.0. The maximum absolute atomic E-state index is 12.5. The molecule has 2 aromatic rings. The molecule has 0 spiro atoms. The Morgan fingerprint density at radius 3 is 2.40 bits per heavy atom. The van der Waals surface area contributed by atoms with Crippen LogP contribution in [0.3, 0.4) is 0 Å². The van der Waals surface area contributed by atoms with E-state index in [2.05, 4.69) is 21.2 Å². The SMILES string of the molecule is Cc1c([N+](=O)[O-])cc(Br)c(-n2c(N)c3c(cc2=O)C(=O)NC3=O)c1C. The molecule has 0 saturated carbocycles. The molecule has 0 unspecified atom stereocenters. The number of nitrogens with one attached hydrogen (secondary N) is 1. The van der Waals surface area contributed by atoms with Gasteiger partial charge in [-0.25, -0.2) is 0 Å². The van der Waals surface area contributed by atoms with Crippen LogP contribution in [0.25, 0.3) is 5.69 Å². The van der Waals surface area contributed by atoms with Crippen molar-refractivity contribution >= 4 is 39.2 Å². The number of nitro groups is 1. The monoisotopic (exact) mass is 406 g/mol. The van der Waals surface area contributed by atoms with Gasteiger partial charge in [0.1, 0.15) is 5.82 Å². The van der Waals surface area contributed by atoms with Gasteiger partial charge in [-0.05, 0) is 35.3 Å². The first-order valence-corrected chi connectivity index (χ1v) is 7.80. The molecule has 0 saturated heterocycles. The zero-order valence-electron chi connectivity index (χ0n) is 13.0. The first-order valence-electron chi connectivity index (χ1n) is 7.00. The summed E-state index contributed by atoms with van der Waals surface area (Å²) in [6, 6.07) is 2.29. The number of halogens is 1. The fourth-order valence-corrected chi connectivity index (χ4v) is 3.51. The molecule has 3 N–H and O–H groups in total. The molecule has 0 radical (unpaired) electrons. The molecule has 0 aliphatic carbocycles. The number of fused-ring (bicyclic) bond motifs is 1. The highest BCUT2D eigenvalue weighted by molar-refractivity contribution is 9.10. The first kappa shape index (κ1) is 16.8. The van der Waals surface area contributed by atoms with Crippen molar-refractivity contribution in [2.24, 2.45) is 0 Å². The number of nitro benzene ring substituents is 1. The Balaban J connectivity index is 2.41. The van der Waals surface area contributed by atoms with Gasteiger partial charge in [0.15, 0.2) is 0 Å². The number of amides is 2. The summed E-state index contributed by atoms with van der Waals surface area (Å²) >= 11 is 3.23. The van der Waals surface area contributed by atoms with Gasteiger partial charge in [0.25, 0.3) is 23.1 Å². The summed E-state index contributed by atoms with van der Waals surface area (Å²) in [5, 5.41) is 13.2. The summed E-state index contributed by atoms with van der Waals surface area (Å²) in [5.74, 6) is -1.59. The molecule has 0 bridgehead atoms. The van der Waals surface area contributed by atoms with E-state index >= 15 is 0 Å². The van der Waals surface area contributed by atoms with Gasteiger partial charge in [0, 0.05) is 22.2 Å². The van der Waals surface area contributed by atoms with Crippen molar-refractivity contribution in [2.45, 2.75) is 13.8 Å². The van der Waals surface area contributed by atoms with E-state index in [1.165, 1.54) is 6.07 Å². The third-order valence-electron chi connectivity index (χ3n) is 4.17. The van der Waals surface area contributed by atoms with E-state index in [-0.39, 0.29) is 32.8 Å². The van der Waals surface area contributed by atoms with Crippen LogP contribution in [-0.4, -0.2) is 21.3 Å². The van der Waals surface area contributed by atoms with Crippen LogP contribution in [0.5, 0.6) is 0 Å². The maximum atomic E-state index is 12.5. The lowest BCUT2D eigenvalue weighted by molar-refractivity contribution is -0.385. The summed E-state index contributed by atoms with van der Waals surface area (Å²) in [7, 11) is 0. The first-order chi connectivity index (χ1) is 11.6. The molecule has 0 atom stereocenters. The molecule has 1 aliphatic heterocycles. The van der Waals surface area contributed by atoms with Gasteiger partial charge in [-0.1, -0.05) is 0 Å². The number of nitrogen functional groups attached to an aromatic ring is 1. The van der Waals surface area contributed by atoms with Crippen molar-refractivity contribution in [1.82, 2.24) is 9.88 Å². The summed E-state index contributed by atoms with van der Waals surface area (Å²) in [4.78, 5) is 46.8. The van der Waals surface area contributed by atoms with E-state index < -0.39 is 22.3 Å². The minimum Gasteiger partial charge on any atom is -0.384 e. The number of carbonyl (C=O) groups is 2. The summed E-state index contributed by atoms with van der Waals surface area (Å²) in [6.45, 7) is 3.15. The molecule has 1 aliphatic rings. The third-order valence-corrected chi connectivity index (χ3v) is 4.77. The lowest BCUT2D eigenvalue weighted by Crippen LogP contribution is -2.25. The predicted octanol–water partition coefficient (Wildman–Crippen LogP) is 1.59. The number of nitrogens with zero attached hydrogens (tertiary/aromatic N) is 2. The van der Waals surface area contributed by atoms with Crippen molar-refractivity contribution in [2.75, 3.05) is 5.73 Å². The average molecular weight is 407 g/mol. The zero-order chi connectivity index (χ0) is 18.6. The van der Waals surface area contributed by atoms with Gasteiger partial charge in [0.2, 0.25) is 0 Å². The van der Waals surface area contributed by atoms with Crippen LogP contribution in [0.2, 0.25) is 0 Å². The number of pyridine rings is 1. The molecule has 10 heteroatoms. The van der Waals surface area contributed by atoms with Crippen LogP contribution in [-0.2, 0) is 0 Å². The van der Waals surface area contributed by atoms with Crippen LogP contribution >= 0.6 is 15.9 Å². The van der Waals surface area contributed by atoms with Gasteiger partial charge >= 0.3 is 0 Å². The number of rotatable bonds is 2. The zero-order valence-corrected chi connectivity index (χ0v) is 14.6. The number of hydrogen-bond donors (Lipinski definition) is 2. The van der Waals surface area contributed by atoms with E-state index in [0.717, 1.165) is 10.6 Å². The Kier molecular flexibility index (Phi) is 3.72. The molecule has 25 heavy (non-hydrogen) atoms. The van der Waals surface area contributed by atoms with Crippen LogP contribution in [0.4, 0.5) is 11.5 Å². The molecule has 1 aromatic carbocycles. The van der Waals surface area contributed by atoms with Crippen LogP contribution in [0, 0.1) is 24.0 Å². The van der Waals surface area contributed by atoms with Crippen molar-refractivity contribution in [3.8, 4) is 5.69 Å². The van der Waals surface area contributed by atoms with Crippen molar-refractivity contribution in [3.63, 3.8) is 0 Å². The molecular weight excluding hydrogens is 396 g/mol. The second-order valence-electron chi connectivity index (χ2n) is 5.51. The highest BCUT2D eigenvalue weighted by atomic mass is 79.9. The summed E-state index contributed by atoms with van der Waals surface area (Å²) in [6.07, 6.45) is 0. The predicted molar refractivity (Wildman–Crippen MR) is 92.1 cm³/mol. The Morgan fingerprint density at radius 1 is 1.16 bits per heavy atom. The highest BCUT2D eigenvalue weighted by Gasteiger charge is 2.33. The smallest absolute Gasteiger partial charge is 0.273 e. The molecule has 2 amide bonds. The van der Waals surface area contributed by atoms with E-state index in [1.54, 1.807) is 13.8 Å². The second-order valence-corrected chi connectivity index (χ2v) is 6.36. The van der Waals surface area contributed by atoms with Crippen LogP contribution in [0.15, 0.2) is 21.4 Å². The normalized spacial score (nSPS) is 12.9. The van der Waals surface area contributed by atoms with Gasteiger partial charge in [-0.2, -0.15) is 0 Å². The quantitative estimate of drug-likeness (QED) is 0.441. The van der Waals surface area contributed by atoms with E-state index in [9.17, 15) is 24.5 Å². The standard InChI is InChI=1S/C15H11BrN4O5/c1-5-6(2)12(8(16)4-9(5)20(24)25)19-10(21)3-7-11(13(19)17)15(23)18-14(7)22/h3-4H,17H2,1-2H3,(H,18,22,23). The minimum absolute atomic E-state index is 0.0869. The molecule has 3 rings (SSSR count). The number of benzene rings is 1. The topological polar surface area (TPSA) is 137 Å². The Labute approximate surface area is 148 Å². The van der Waals surface area contributed by atoms with Crippen molar-refractivity contribution in [3.05, 3.63) is 59.3 Å². The van der Waals surface area contributed by atoms with E-state index in [0.29, 0.717) is 11.1 Å². The van der Waals surface area contributed by atoms with Gasteiger partial charge in [-0.15, -0.1) is 0 Å². The summed E-state index contributed by atoms with van der Waals surface area (Å²) < 4.78 is 1.33. The number of carbonyl (C=O) groups excluding carboxylic acids is 2. The molecular formula is C15H11BrN4O5. The number of anilines is 1. The number of hydrogen-bond acceptors (Lipinski definition) is 6. The largest absolute Gasteiger partial charge is 0.384 e. The Hall–Kier alpha value is -3.01. The lowest BCUT2D eigenvalue weighted by Gasteiger charge is -2.17. The Morgan fingerprint density at radius 2 is 1.80 bits per heavy atom. The van der Waals surface area contributed by atoms with Crippen LogP contribution in [0.1, 0.15) is 31.8 Å². The Bertz CT molecular complexity index is 1060. The van der Waals surface area contributed by atoms with Gasteiger partial charge < -0.3 is 5.73 Å². The highest BCUT2D eigenvalue weighted by Crippen LogP contribution is 2.35. The fraction of sp³-hybridized carbons (Fsp3) is 0.133.